The molecule has 0 aliphatic carbocycles. The van der Waals surface area contributed by atoms with Crippen LogP contribution in [-0.4, -0.2) is 43.1 Å². The molecule has 37 heavy (non-hydrogen) atoms. The molecule has 190 valence electrons. The molecule has 0 saturated carbocycles. The number of rotatable bonds is 5. The van der Waals surface area contributed by atoms with Gasteiger partial charge >= 0.3 is 0 Å². The molecule has 2 unspecified atom stereocenters. The highest BCUT2D eigenvalue weighted by Crippen LogP contribution is 2.42. The number of nitrogens with one attached hydrogen (secondary N) is 2. The average Bonchev–Trinajstić information content (AvgIpc) is 3.19. The van der Waals surface area contributed by atoms with Crippen molar-refractivity contribution in [3.05, 3.63) is 83.2 Å². The Morgan fingerprint density at radius 2 is 1.92 bits per heavy atom. The fourth-order valence-electron chi connectivity index (χ4n) is 5.30. The number of halogens is 1. The van der Waals surface area contributed by atoms with Gasteiger partial charge in [0, 0.05) is 30.5 Å². The summed E-state index contributed by atoms with van der Waals surface area (Å²) >= 11 is 0. The lowest BCUT2D eigenvalue weighted by Gasteiger charge is -2.36. The first kappa shape index (κ1) is 23.3. The van der Waals surface area contributed by atoms with Crippen LogP contribution in [0.25, 0.3) is 0 Å². The number of carbonyl (C=O) groups excluding carboxylic acids is 2. The van der Waals surface area contributed by atoms with Gasteiger partial charge in [-0.3, -0.25) is 14.6 Å². The number of hydrogen-bond acceptors (Lipinski definition) is 6. The van der Waals surface area contributed by atoms with Gasteiger partial charge < -0.3 is 19.7 Å². The van der Waals surface area contributed by atoms with Crippen molar-refractivity contribution in [2.45, 2.75) is 19.5 Å². The number of carbonyl (C=O) groups is 2. The predicted octanol–water partition coefficient (Wildman–Crippen LogP) is 3.57. The first-order valence-electron chi connectivity index (χ1n) is 12.3. The highest BCUT2D eigenvalue weighted by molar-refractivity contribution is 5.96. The van der Waals surface area contributed by atoms with E-state index in [2.05, 4.69) is 21.7 Å². The molecule has 2 atom stereocenters. The minimum absolute atomic E-state index is 0.178. The number of ether oxygens (including phenoxy) is 2. The Bertz CT molecular complexity index is 1380. The van der Waals surface area contributed by atoms with Gasteiger partial charge in [0.25, 0.3) is 0 Å². The second-order valence-electron chi connectivity index (χ2n) is 9.62. The van der Waals surface area contributed by atoms with E-state index >= 15 is 0 Å². The average molecular weight is 503 g/mol. The Kier molecular flexibility index (Phi) is 5.92. The summed E-state index contributed by atoms with van der Waals surface area (Å²) in [7, 11) is 0. The van der Waals surface area contributed by atoms with Crippen LogP contribution < -0.4 is 25.1 Å². The maximum atomic E-state index is 14.3. The van der Waals surface area contributed by atoms with Crippen molar-refractivity contribution in [1.29, 1.82) is 0 Å². The van der Waals surface area contributed by atoms with E-state index in [1.807, 2.05) is 25.1 Å². The molecule has 3 aliphatic heterocycles. The lowest BCUT2D eigenvalue weighted by atomic mass is 9.87. The van der Waals surface area contributed by atoms with Gasteiger partial charge in [0.1, 0.15) is 25.6 Å². The van der Waals surface area contributed by atoms with Crippen LogP contribution in [0.2, 0.25) is 0 Å². The molecular formula is C28H27FN4O4. The molecule has 9 heteroatoms. The fraction of sp³-hybridized carbons (Fsp3) is 0.286. The van der Waals surface area contributed by atoms with Crippen molar-refractivity contribution in [3.63, 3.8) is 0 Å². The molecule has 3 aromatic rings. The molecule has 3 aliphatic rings. The highest BCUT2D eigenvalue weighted by atomic mass is 19.1. The summed E-state index contributed by atoms with van der Waals surface area (Å²) in [4.78, 5) is 28.3. The van der Waals surface area contributed by atoms with E-state index < -0.39 is 12.0 Å². The van der Waals surface area contributed by atoms with Crippen LogP contribution in [0, 0.1) is 18.7 Å². The fourth-order valence-corrected chi connectivity index (χ4v) is 5.30. The molecule has 0 spiro atoms. The summed E-state index contributed by atoms with van der Waals surface area (Å²) in [5.74, 6) is -0.150. The van der Waals surface area contributed by atoms with E-state index in [4.69, 9.17) is 9.47 Å². The number of fused-ring (bicyclic) bond motifs is 4. The third-order valence-electron chi connectivity index (χ3n) is 6.95. The Hall–Kier alpha value is -4.11. The van der Waals surface area contributed by atoms with Crippen molar-refractivity contribution in [2.75, 3.05) is 36.5 Å². The third-order valence-corrected chi connectivity index (χ3v) is 6.95. The van der Waals surface area contributed by atoms with Crippen molar-refractivity contribution >= 4 is 23.2 Å². The zero-order valence-corrected chi connectivity index (χ0v) is 20.4. The third kappa shape index (κ3) is 4.58. The van der Waals surface area contributed by atoms with Crippen molar-refractivity contribution < 1.29 is 23.5 Å². The summed E-state index contributed by atoms with van der Waals surface area (Å²) in [6.07, 6.45) is 0. The van der Waals surface area contributed by atoms with Gasteiger partial charge in [0.2, 0.25) is 11.8 Å². The van der Waals surface area contributed by atoms with Crippen LogP contribution in [0.3, 0.4) is 0 Å². The standard InChI is InChI=1S/C28H27FN4O4/c1-17-3-2-4-18(11-17)14-32-15-22-27(21-12-19(29)5-7-23(21)32)31-33(28(22)35)16-26(34)30-20-6-8-24-25(13-20)37-10-9-36-24/h2-8,11-13,22,27,31H,9-10,14-16H2,1H3,(H,30,34). The Morgan fingerprint density at radius 3 is 2.76 bits per heavy atom. The Labute approximate surface area is 213 Å². The normalized spacial score (nSPS) is 19.9. The topological polar surface area (TPSA) is 83.1 Å². The summed E-state index contributed by atoms with van der Waals surface area (Å²) in [6.45, 7) is 3.85. The highest BCUT2D eigenvalue weighted by Gasteiger charge is 2.46. The minimum atomic E-state index is -0.443. The van der Waals surface area contributed by atoms with Gasteiger partial charge in [0.15, 0.2) is 11.5 Å². The van der Waals surface area contributed by atoms with E-state index in [1.165, 1.54) is 17.1 Å². The van der Waals surface area contributed by atoms with Crippen LogP contribution in [0.1, 0.15) is 22.7 Å². The zero-order chi connectivity index (χ0) is 25.5. The number of anilines is 2. The molecule has 6 rings (SSSR count). The lowest BCUT2D eigenvalue weighted by Crippen LogP contribution is -2.41. The smallest absolute Gasteiger partial charge is 0.245 e. The van der Waals surface area contributed by atoms with Crippen molar-refractivity contribution in [3.8, 4) is 11.5 Å². The van der Waals surface area contributed by atoms with E-state index in [0.29, 0.717) is 49.1 Å². The molecule has 0 radical (unpaired) electrons. The Morgan fingerprint density at radius 1 is 1.08 bits per heavy atom. The molecule has 0 aromatic heterocycles. The maximum Gasteiger partial charge on any atom is 0.245 e. The summed E-state index contributed by atoms with van der Waals surface area (Å²) in [6, 6.07) is 17.7. The predicted molar refractivity (Wildman–Crippen MR) is 136 cm³/mol. The van der Waals surface area contributed by atoms with Gasteiger partial charge in [-0.1, -0.05) is 29.8 Å². The SMILES string of the molecule is Cc1cccc(CN2CC3C(=O)N(CC(=O)Nc4ccc5c(c4)OCCO5)NC3c3cc(F)ccc32)c1. The van der Waals surface area contributed by atoms with Gasteiger partial charge in [0.05, 0.1) is 12.0 Å². The molecule has 1 saturated heterocycles. The zero-order valence-electron chi connectivity index (χ0n) is 20.4. The van der Waals surface area contributed by atoms with Gasteiger partial charge in [-0.2, -0.15) is 0 Å². The van der Waals surface area contributed by atoms with E-state index in [9.17, 15) is 14.0 Å². The summed E-state index contributed by atoms with van der Waals surface area (Å²) in [5, 5.41) is 4.16. The molecule has 0 bridgehead atoms. The molecule has 3 aromatic carbocycles. The second-order valence-corrected chi connectivity index (χ2v) is 9.62. The van der Waals surface area contributed by atoms with Crippen molar-refractivity contribution in [2.24, 2.45) is 5.92 Å². The number of nitrogens with zero attached hydrogens (tertiary/aromatic N) is 2. The van der Waals surface area contributed by atoms with E-state index in [-0.39, 0.29) is 24.2 Å². The molecule has 2 N–H and O–H groups in total. The number of benzene rings is 3. The quantitative estimate of drug-likeness (QED) is 0.555. The van der Waals surface area contributed by atoms with Gasteiger partial charge in [-0.05, 0) is 48.4 Å². The number of hydrazine groups is 1. The first-order chi connectivity index (χ1) is 17.9. The molecule has 2 amide bonds. The van der Waals surface area contributed by atoms with Gasteiger partial charge in [-0.15, -0.1) is 0 Å². The lowest BCUT2D eigenvalue weighted by molar-refractivity contribution is -0.135. The van der Waals surface area contributed by atoms with Crippen molar-refractivity contribution in [1.82, 2.24) is 10.4 Å². The van der Waals surface area contributed by atoms with E-state index in [0.717, 1.165) is 16.8 Å². The maximum absolute atomic E-state index is 14.3. The molecular weight excluding hydrogens is 475 g/mol. The molecule has 1 fully saturated rings. The largest absolute Gasteiger partial charge is 0.486 e. The van der Waals surface area contributed by atoms with Crippen LogP contribution in [0.15, 0.2) is 60.7 Å². The molecule has 8 nitrogen and oxygen atoms in total. The van der Waals surface area contributed by atoms with Crippen LogP contribution in [-0.2, 0) is 16.1 Å². The van der Waals surface area contributed by atoms with Gasteiger partial charge in [-0.25, -0.2) is 9.82 Å². The van der Waals surface area contributed by atoms with E-state index in [1.54, 1.807) is 24.3 Å². The second kappa shape index (κ2) is 9.40. The molecule has 3 heterocycles. The summed E-state index contributed by atoms with van der Waals surface area (Å²) < 4.78 is 25.4. The van der Waals surface area contributed by atoms with Crippen LogP contribution in [0.4, 0.5) is 15.8 Å². The summed E-state index contributed by atoms with van der Waals surface area (Å²) in [5.41, 5.74) is 7.59. The minimum Gasteiger partial charge on any atom is -0.486 e. The first-order valence-corrected chi connectivity index (χ1v) is 12.3. The Balaban J connectivity index is 1.19. The number of aryl methyl sites for hydroxylation is 1. The number of hydrogen-bond donors (Lipinski definition) is 2. The van der Waals surface area contributed by atoms with Crippen LogP contribution >= 0.6 is 0 Å². The number of amides is 2. The van der Waals surface area contributed by atoms with Crippen LogP contribution in [0.5, 0.6) is 11.5 Å². The monoisotopic (exact) mass is 502 g/mol.